The summed E-state index contributed by atoms with van der Waals surface area (Å²) in [7, 11) is 0. The second-order valence-electron chi connectivity index (χ2n) is 4.04. The molecule has 1 aliphatic rings. The van der Waals surface area contributed by atoms with Crippen LogP contribution >= 0.6 is 0 Å². The second-order valence-corrected chi connectivity index (χ2v) is 4.04. The van der Waals surface area contributed by atoms with Gasteiger partial charge in [0.15, 0.2) is 0 Å². The molecule has 16 heavy (non-hydrogen) atoms. The normalized spacial score (nSPS) is 23.6. The first kappa shape index (κ1) is 11.5. The van der Waals surface area contributed by atoms with E-state index in [2.05, 4.69) is 6.92 Å². The molecule has 1 heterocycles. The lowest BCUT2D eigenvalue weighted by molar-refractivity contribution is 0.0285. The molecule has 2 nitrogen and oxygen atoms in total. The predicted octanol–water partition coefficient (Wildman–Crippen LogP) is 2.25. The Kier molecular flexibility index (Phi) is 3.21. The summed E-state index contributed by atoms with van der Waals surface area (Å²) in [5, 5.41) is 9.44. The highest BCUT2D eigenvalue weighted by atomic mass is 19.1. The summed E-state index contributed by atoms with van der Waals surface area (Å²) in [6.07, 6.45) is 0.690. The van der Waals surface area contributed by atoms with E-state index in [9.17, 15) is 13.9 Å². The average Bonchev–Trinajstić information content (AvgIpc) is 2.70. The summed E-state index contributed by atoms with van der Waals surface area (Å²) in [4.78, 5) is 1.68. The van der Waals surface area contributed by atoms with Crippen LogP contribution in [-0.4, -0.2) is 22.8 Å². The lowest BCUT2D eigenvalue weighted by Gasteiger charge is -2.27. The van der Waals surface area contributed by atoms with Gasteiger partial charge in [-0.3, -0.25) is 4.90 Å². The van der Waals surface area contributed by atoms with E-state index in [4.69, 9.17) is 0 Å². The van der Waals surface area contributed by atoms with Gasteiger partial charge in [0.1, 0.15) is 17.9 Å². The van der Waals surface area contributed by atoms with E-state index in [0.29, 0.717) is 18.5 Å². The fourth-order valence-corrected chi connectivity index (χ4v) is 2.25. The van der Waals surface area contributed by atoms with Crippen molar-refractivity contribution in [2.24, 2.45) is 0 Å². The largest absolute Gasteiger partial charge is 0.378 e. The molecule has 0 bridgehead atoms. The van der Waals surface area contributed by atoms with Crippen LogP contribution in [0.25, 0.3) is 0 Å². The second kappa shape index (κ2) is 4.47. The number of benzene rings is 1. The zero-order valence-corrected chi connectivity index (χ0v) is 8.87. The Morgan fingerprint density at radius 3 is 2.88 bits per heavy atom. The van der Waals surface area contributed by atoms with Crippen molar-refractivity contribution in [3.63, 3.8) is 0 Å². The van der Waals surface area contributed by atoms with Crippen LogP contribution in [0.1, 0.15) is 24.4 Å². The fourth-order valence-electron chi connectivity index (χ4n) is 2.25. The van der Waals surface area contributed by atoms with Gasteiger partial charge in [-0.15, -0.1) is 0 Å². The lowest BCUT2D eigenvalue weighted by atomic mass is 10.0. The molecule has 1 fully saturated rings. The quantitative estimate of drug-likeness (QED) is 0.836. The number of nitrogens with zero attached hydrogens (tertiary/aromatic N) is 1. The van der Waals surface area contributed by atoms with E-state index in [0.717, 1.165) is 18.6 Å². The minimum Gasteiger partial charge on any atom is -0.378 e. The van der Waals surface area contributed by atoms with Crippen molar-refractivity contribution >= 4 is 0 Å². The number of aliphatic hydroxyl groups is 1. The summed E-state index contributed by atoms with van der Waals surface area (Å²) in [6.45, 7) is 4.17. The van der Waals surface area contributed by atoms with E-state index in [-0.39, 0.29) is 6.04 Å². The number of halogens is 2. The van der Waals surface area contributed by atoms with Gasteiger partial charge in [-0.05, 0) is 38.0 Å². The van der Waals surface area contributed by atoms with Gasteiger partial charge in [0, 0.05) is 18.2 Å². The highest BCUT2D eigenvalue weighted by Gasteiger charge is 2.30. The molecule has 1 N–H and O–H groups in total. The maximum atomic E-state index is 13.6. The monoisotopic (exact) mass is 226 g/mol. The maximum absolute atomic E-state index is 13.6. The molecule has 0 spiro atoms. The van der Waals surface area contributed by atoms with Gasteiger partial charge in [0.25, 0.3) is 0 Å². The SMILES string of the molecule is [CH2]C(O)N1CCCC1c1cc(F)ccc1F. The topological polar surface area (TPSA) is 23.5 Å². The minimum absolute atomic E-state index is 0.275. The van der Waals surface area contributed by atoms with Crippen molar-refractivity contribution in [2.75, 3.05) is 6.54 Å². The van der Waals surface area contributed by atoms with Crippen molar-refractivity contribution in [1.29, 1.82) is 0 Å². The van der Waals surface area contributed by atoms with Gasteiger partial charge in [-0.1, -0.05) is 0 Å². The fraction of sp³-hybridized carbons (Fsp3) is 0.417. The molecule has 2 unspecified atom stereocenters. The molecular weight excluding hydrogens is 212 g/mol. The smallest absolute Gasteiger partial charge is 0.128 e. The summed E-state index contributed by atoms with van der Waals surface area (Å²) >= 11 is 0. The average molecular weight is 226 g/mol. The molecule has 1 aromatic carbocycles. The molecule has 0 saturated carbocycles. The highest BCUT2D eigenvalue weighted by Crippen LogP contribution is 2.34. The Bertz CT molecular complexity index is 381. The third kappa shape index (κ3) is 2.08. The van der Waals surface area contributed by atoms with Gasteiger partial charge in [0.2, 0.25) is 0 Å². The van der Waals surface area contributed by atoms with Gasteiger partial charge in [0.05, 0.1) is 0 Å². The molecule has 2 rings (SSSR count). The summed E-state index contributed by atoms with van der Waals surface area (Å²) in [5.74, 6) is -0.888. The highest BCUT2D eigenvalue weighted by molar-refractivity contribution is 5.23. The first-order valence-electron chi connectivity index (χ1n) is 5.31. The van der Waals surface area contributed by atoms with Crippen LogP contribution in [0.15, 0.2) is 18.2 Å². The lowest BCUT2D eigenvalue weighted by Crippen LogP contribution is -2.32. The number of hydrogen-bond donors (Lipinski definition) is 1. The van der Waals surface area contributed by atoms with Gasteiger partial charge >= 0.3 is 0 Å². The minimum atomic E-state index is -0.879. The van der Waals surface area contributed by atoms with Crippen LogP contribution in [0.5, 0.6) is 0 Å². The molecule has 1 aliphatic heterocycles. The number of likely N-dealkylation sites (tertiary alicyclic amines) is 1. The molecule has 1 radical (unpaired) electrons. The molecule has 0 aliphatic carbocycles. The predicted molar refractivity (Wildman–Crippen MR) is 56.4 cm³/mol. The first-order chi connectivity index (χ1) is 7.59. The Hall–Kier alpha value is -1.00. The Labute approximate surface area is 93.5 Å². The molecule has 87 valence electrons. The number of hydrogen-bond acceptors (Lipinski definition) is 2. The standard InChI is InChI=1S/C12H14F2NO/c1-8(16)15-6-2-3-12(15)10-7-9(13)4-5-11(10)14/h4-5,7-8,12,16H,1-3,6H2. The summed E-state index contributed by atoms with van der Waals surface area (Å²) < 4.78 is 26.6. The van der Waals surface area contributed by atoms with Crippen LogP contribution in [0.2, 0.25) is 0 Å². The first-order valence-corrected chi connectivity index (χ1v) is 5.31. The summed E-state index contributed by atoms with van der Waals surface area (Å²) in [5.41, 5.74) is 0.306. The van der Waals surface area contributed by atoms with E-state index < -0.39 is 17.9 Å². The van der Waals surface area contributed by atoms with Crippen molar-refractivity contribution in [3.05, 3.63) is 42.3 Å². The van der Waals surface area contributed by atoms with Gasteiger partial charge in [-0.25, -0.2) is 8.78 Å². The molecule has 1 aromatic rings. The Morgan fingerprint density at radius 1 is 1.44 bits per heavy atom. The molecule has 4 heteroatoms. The molecule has 2 atom stereocenters. The third-order valence-corrected chi connectivity index (χ3v) is 2.99. The molecule has 0 amide bonds. The van der Waals surface area contributed by atoms with Crippen molar-refractivity contribution in [3.8, 4) is 0 Å². The van der Waals surface area contributed by atoms with Crippen LogP contribution in [0.3, 0.4) is 0 Å². The molecule has 0 aromatic heterocycles. The maximum Gasteiger partial charge on any atom is 0.128 e. The third-order valence-electron chi connectivity index (χ3n) is 2.99. The molecule has 1 saturated heterocycles. The van der Waals surface area contributed by atoms with Gasteiger partial charge < -0.3 is 5.11 Å². The van der Waals surface area contributed by atoms with E-state index in [1.807, 2.05) is 0 Å². The summed E-state index contributed by atoms with van der Waals surface area (Å²) in [6, 6.07) is 3.14. The molecular formula is C12H14F2NO. The van der Waals surface area contributed by atoms with E-state index in [1.165, 1.54) is 6.07 Å². The van der Waals surface area contributed by atoms with E-state index in [1.54, 1.807) is 4.90 Å². The Morgan fingerprint density at radius 2 is 2.19 bits per heavy atom. The van der Waals surface area contributed by atoms with Crippen LogP contribution in [-0.2, 0) is 0 Å². The van der Waals surface area contributed by atoms with Crippen LogP contribution in [0.4, 0.5) is 8.78 Å². The van der Waals surface area contributed by atoms with Crippen LogP contribution < -0.4 is 0 Å². The number of aliphatic hydroxyl groups excluding tert-OH is 1. The zero-order chi connectivity index (χ0) is 11.7. The van der Waals surface area contributed by atoms with Crippen LogP contribution in [0, 0.1) is 18.6 Å². The van der Waals surface area contributed by atoms with E-state index >= 15 is 0 Å². The van der Waals surface area contributed by atoms with Crippen molar-refractivity contribution in [2.45, 2.75) is 25.1 Å². The number of rotatable bonds is 2. The van der Waals surface area contributed by atoms with Crippen molar-refractivity contribution < 1.29 is 13.9 Å². The Balaban J connectivity index is 2.32. The van der Waals surface area contributed by atoms with Gasteiger partial charge in [-0.2, -0.15) is 0 Å². The van der Waals surface area contributed by atoms with Crippen molar-refractivity contribution in [1.82, 2.24) is 4.90 Å². The zero-order valence-electron chi connectivity index (χ0n) is 8.87.